The maximum atomic E-state index is 9.11. The van der Waals surface area contributed by atoms with E-state index in [0.29, 0.717) is 6.61 Å². The van der Waals surface area contributed by atoms with Gasteiger partial charge in [-0.3, -0.25) is 0 Å². The van der Waals surface area contributed by atoms with Crippen molar-refractivity contribution < 1.29 is 14.6 Å². The number of rotatable bonds is 3. The Kier molecular flexibility index (Phi) is 3.12. The standard InChI is InChI=1S/C9H16O3/c1-3-11-9(7-10)6-4-5-8(2)12-9/h5,10H,3-4,6-7H2,1-2H3. The SMILES string of the molecule is CCOC1(CO)CCC=C(C)O1. The highest BCUT2D eigenvalue weighted by Crippen LogP contribution is 2.27. The van der Waals surface area contributed by atoms with Crippen molar-refractivity contribution in [2.75, 3.05) is 13.2 Å². The van der Waals surface area contributed by atoms with Crippen LogP contribution in [0.3, 0.4) is 0 Å². The lowest BCUT2D eigenvalue weighted by Crippen LogP contribution is -2.41. The van der Waals surface area contributed by atoms with Crippen molar-refractivity contribution in [3.05, 3.63) is 11.8 Å². The summed E-state index contributed by atoms with van der Waals surface area (Å²) in [5, 5.41) is 9.11. The van der Waals surface area contributed by atoms with E-state index in [1.165, 1.54) is 0 Å². The number of hydrogen-bond acceptors (Lipinski definition) is 3. The van der Waals surface area contributed by atoms with Gasteiger partial charge in [-0.15, -0.1) is 0 Å². The third-order valence-electron chi connectivity index (χ3n) is 1.95. The molecule has 0 fully saturated rings. The van der Waals surface area contributed by atoms with E-state index >= 15 is 0 Å². The first-order chi connectivity index (χ1) is 5.72. The molecule has 0 radical (unpaired) electrons. The third-order valence-corrected chi connectivity index (χ3v) is 1.95. The first-order valence-corrected chi connectivity index (χ1v) is 4.33. The van der Waals surface area contributed by atoms with Gasteiger partial charge in [0.15, 0.2) is 0 Å². The Balaban J connectivity index is 2.61. The molecule has 0 bridgehead atoms. The summed E-state index contributed by atoms with van der Waals surface area (Å²) in [4.78, 5) is 0. The van der Waals surface area contributed by atoms with Gasteiger partial charge in [0.2, 0.25) is 5.79 Å². The molecule has 0 spiro atoms. The minimum Gasteiger partial charge on any atom is -0.465 e. The predicted molar refractivity (Wildman–Crippen MR) is 45.5 cm³/mol. The van der Waals surface area contributed by atoms with Crippen LogP contribution in [0.5, 0.6) is 0 Å². The van der Waals surface area contributed by atoms with Gasteiger partial charge in [0, 0.05) is 13.0 Å². The highest BCUT2D eigenvalue weighted by atomic mass is 16.7. The Morgan fingerprint density at radius 2 is 2.50 bits per heavy atom. The Bertz CT molecular complexity index is 177. The van der Waals surface area contributed by atoms with Crippen molar-refractivity contribution in [3.8, 4) is 0 Å². The molecule has 0 aromatic heterocycles. The number of aliphatic hydroxyl groups excluding tert-OH is 1. The Morgan fingerprint density at radius 3 is 3.00 bits per heavy atom. The molecule has 1 unspecified atom stereocenters. The summed E-state index contributed by atoms with van der Waals surface area (Å²) >= 11 is 0. The van der Waals surface area contributed by atoms with Crippen molar-refractivity contribution in [2.24, 2.45) is 0 Å². The van der Waals surface area contributed by atoms with E-state index < -0.39 is 5.79 Å². The molecule has 0 saturated heterocycles. The topological polar surface area (TPSA) is 38.7 Å². The van der Waals surface area contributed by atoms with Crippen molar-refractivity contribution in [3.63, 3.8) is 0 Å². The van der Waals surface area contributed by atoms with Gasteiger partial charge >= 0.3 is 0 Å². The summed E-state index contributed by atoms with van der Waals surface area (Å²) < 4.78 is 10.8. The summed E-state index contributed by atoms with van der Waals surface area (Å²) in [7, 11) is 0. The molecule has 3 nitrogen and oxygen atoms in total. The monoisotopic (exact) mass is 172 g/mol. The minimum absolute atomic E-state index is 0.0774. The molecule has 0 aromatic carbocycles. The maximum absolute atomic E-state index is 9.11. The fourth-order valence-corrected chi connectivity index (χ4v) is 1.40. The van der Waals surface area contributed by atoms with Crippen LogP contribution in [-0.4, -0.2) is 24.1 Å². The third kappa shape index (κ3) is 1.99. The second kappa shape index (κ2) is 3.92. The second-order valence-electron chi connectivity index (χ2n) is 2.96. The number of ether oxygens (including phenoxy) is 2. The lowest BCUT2D eigenvalue weighted by atomic mass is 10.1. The molecular weight excluding hydrogens is 156 g/mol. The number of aliphatic hydroxyl groups is 1. The smallest absolute Gasteiger partial charge is 0.233 e. The van der Waals surface area contributed by atoms with Gasteiger partial charge in [-0.05, 0) is 26.3 Å². The molecular formula is C9H16O3. The zero-order valence-corrected chi connectivity index (χ0v) is 7.67. The summed E-state index contributed by atoms with van der Waals surface area (Å²) in [6.07, 6.45) is 3.65. The van der Waals surface area contributed by atoms with Crippen LogP contribution in [0, 0.1) is 0 Å². The van der Waals surface area contributed by atoms with Crippen LogP contribution in [0.25, 0.3) is 0 Å². The summed E-state index contributed by atoms with van der Waals surface area (Å²) in [5.74, 6) is 0.0666. The Labute approximate surface area is 73.0 Å². The predicted octanol–water partition coefficient (Wildman–Crippen LogP) is 1.43. The van der Waals surface area contributed by atoms with E-state index in [0.717, 1.165) is 18.6 Å². The van der Waals surface area contributed by atoms with Gasteiger partial charge in [0.05, 0.1) is 5.76 Å². The molecule has 1 aliphatic rings. The quantitative estimate of drug-likeness (QED) is 0.699. The Morgan fingerprint density at radius 1 is 1.75 bits per heavy atom. The zero-order chi connectivity index (χ0) is 9.03. The van der Waals surface area contributed by atoms with E-state index in [1.54, 1.807) is 0 Å². The van der Waals surface area contributed by atoms with Gasteiger partial charge in [0.1, 0.15) is 6.61 Å². The van der Waals surface area contributed by atoms with Crippen LogP contribution >= 0.6 is 0 Å². The van der Waals surface area contributed by atoms with E-state index in [2.05, 4.69) is 0 Å². The van der Waals surface area contributed by atoms with Crippen LogP contribution in [-0.2, 0) is 9.47 Å². The highest BCUT2D eigenvalue weighted by molar-refractivity contribution is 4.96. The molecule has 0 aliphatic carbocycles. The van der Waals surface area contributed by atoms with Crippen molar-refractivity contribution >= 4 is 0 Å². The largest absolute Gasteiger partial charge is 0.465 e. The summed E-state index contributed by atoms with van der Waals surface area (Å²) in [6.45, 7) is 4.26. The molecule has 0 amide bonds. The van der Waals surface area contributed by atoms with Crippen LogP contribution in [0.4, 0.5) is 0 Å². The Hall–Kier alpha value is -0.540. The first kappa shape index (κ1) is 9.55. The van der Waals surface area contributed by atoms with Crippen LogP contribution in [0.2, 0.25) is 0 Å². The van der Waals surface area contributed by atoms with Crippen LogP contribution in [0.1, 0.15) is 26.7 Å². The lowest BCUT2D eigenvalue weighted by molar-refractivity contribution is -0.240. The second-order valence-corrected chi connectivity index (χ2v) is 2.96. The molecule has 12 heavy (non-hydrogen) atoms. The minimum atomic E-state index is -0.770. The van der Waals surface area contributed by atoms with Gasteiger partial charge in [0.25, 0.3) is 0 Å². The van der Waals surface area contributed by atoms with E-state index in [9.17, 15) is 0 Å². The van der Waals surface area contributed by atoms with Crippen LogP contribution < -0.4 is 0 Å². The number of hydrogen-bond donors (Lipinski definition) is 1. The first-order valence-electron chi connectivity index (χ1n) is 4.33. The zero-order valence-electron chi connectivity index (χ0n) is 7.67. The van der Waals surface area contributed by atoms with Gasteiger partial charge < -0.3 is 14.6 Å². The summed E-state index contributed by atoms with van der Waals surface area (Å²) in [5.41, 5.74) is 0. The van der Waals surface area contributed by atoms with Crippen molar-refractivity contribution in [1.29, 1.82) is 0 Å². The van der Waals surface area contributed by atoms with Crippen molar-refractivity contribution in [2.45, 2.75) is 32.5 Å². The fraction of sp³-hybridized carbons (Fsp3) is 0.778. The maximum Gasteiger partial charge on any atom is 0.233 e. The molecule has 0 aromatic rings. The highest BCUT2D eigenvalue weighted by Gasteiger charge is 2.33. The molecule has 3 heteroatoms. The molecule has 1 rings (SSSR count). The van der Waals surface area contributed by atoms with E-state index in [4.69, 9.17) is 14.6 Å². The molecule has 1 N–H and O–H groups in total. The summed E-state index contributed by atoms with van der Waals surface area (Å²) in [6, 6.07) is 0. The van der Waals surface area contributed by atoms with Gasteiger partial charge in [-0.2, -0.15) is 0 Å². The molecule has 1 aliphatic heterocycles. The van der Waals surface area contributed by atoms with E-state index in [-0.39, 0.29) is 6.61 Å². The number of allylic oxidation sites excluding steroid dienone is 2. The van der Waals surface area contributed by atoms with Crippen LogP contribution in [0.15, 0.2) is 11.8 Å². The average Bonchev–Trinajstić information content (AvgIpc) is 2.05. The van der Waals surface area contributed by atoms with Crippen molar-refractivity contribution in [1.82, 2.24) is 0 Å². The molecule has 1 heterocycles. The fourth-order valence-electron chi connectivity index (χ4n) is 1.40. The molecule has 70 valence electrons. The van der Waals surface area contributed by atoms with Gasteiger partial charge in [-0.25, -0.2) is 0 Å². The lowest BCUT2D eigenvalue weighted by Gasteiger charge is -2.34. The molecule has 0 saturated carbocycles. The van der Waals surface area contributed by atoms with E-state index in [1.807, 2.05) is 19.9 Å². The normalized spacial score (nSPS) is 29.4. The average molecular weight is 172 g/mol. The molecule has 1 atom stereocenters. The van der Waals surface area contributed by atoms with Gasteiger partial charge in [-0.1, -0.05) is 0 Å².